The Bertz CT molecular complexity index is 920. The van der Waals surface area contributed by atoms with E-state index in [-0.39, 0.29) is 5.56 Å². The maximum absolute atomic E-state index is 12.3. The van der Waals surface area contributed by atoms with Crippen LogP contribution in [0.5, 0.6) is 0 Å². The van der Waals surface area contributed by atoms with Crippen molar-refractivity contribution in [3.05, 3.63) is 81.9 Å². The van der Waals surface area contributed by atoms with Crippen molar-refractivity contribution >= 4 is 16.4 Å². The average molecular weight is 340 g/mol. The Balaban J connectivity index is 1.63. The van der Waals surface area contributed by atoms with Gasteiger partial charge in [0.15, 0.2) is 0 Å². The van der Waals surface area contributed by atoms with Crippen molar-refractivity contribution in [2.75, 3.05) is 5.75 Å². The number of hydrogen-bond donors (Lipinski definition) is 0. The molecule has 1 atom stereocenters. The van der Waals surface area contributed by atoms with Crippen LogP contribution in [0.3, 0.4) is 0 Å². The number of aromatic nitrogens is 2. The number of hydrogen-bond acceptors (Lipinski definition) is 3. The first kappa shape index (κ1) is 16.6. The van der Waals surface area contributed by atoms with Gasteiger partial charge in [-0.15, -0.1) is 0 Å². The Kier molecular flexibility index (Phi) is 5.20. The van der Waals surface area contributed by atoms with Crippen LogP contribution in [-0.2, 0) is 23.0 Å². The van der Waals surface area contributed by atoms with Gasteiger partial charge >= 0.3 is 0 Å². The molecule has 0 saturated heterocycles. The number of pyridine rings is 1. The van der Waals surface area contributed by atoms with E-state index in [1.54, 1.807) is 6.20 Å². The molecule has 3 rings (SSSR count). The monoisotopic (exact) mass is 340 g/mol. The summed E-state index contributed by atoms with van der Waals surface area (Å²) in [5.74, 6) is 0.943. The number of rotatable bonds is 6. The van der Waals surface area contributed by atoms with E-state index in [1.807, 2.05) is 37.3 Å². The van der Waals surface area contributed by atoms with Gasteiger partial charge in [-0.1, -0.05) is 36.4 Å². The molecule has 2 aromatic heterocycles. The Hall–Kier alpha value is -2.27. The summed E-state index contributed by atoms with van der Waals surface area (Å²) in [6, 6.07) is 15.4. The lowest BCUT2D eigenvalue weighted by Crippen LogP contribution is -2.16. The van der Waals surface area contributed by atoms with E-state index in [1.165, 1.54) is 16.0 Å². The molecule has 0 aliphatic rings. The molecule has 124 valence electrons. The van der Waals surface area contributed by atoms with Crippen LogP contribution in [0.1, 0.15) is 23.2 Å². The third kappa shape index (κ3) is 4.17. The first-order chi connectivity index (χ1) is 11.6. The van der Waals surface area contributed by atoms with Gasteiger partial charge in [-0.3, -0.25) is 13.4 Å². The van der Waals surface area contributed by atoms with Crippen molar-refractivity contribution in [3.8, 4) is 0 Å². The van der Waals surface area contributed by atoms with E-state index in [0.29, 0.717) is 22.8 Å². The molecule has 0 aliphatic carbocycles. The van der Waals surface area contributed by atoms with Crippen LogP contribution in [0.2, 0.25) is 0 Å². The van der Waals surface area contributed by atoms with Gasteiger partial charge in [-0.2, -0.15) is 0 Å². The van der Waals surface area contributed by atoms with E-state index in [9.17, 15) is 9.00 Å². The van der Waals surface area contributed by atoms with Gasteiger partial charge in [0.2, 0.25) is 0 Å². The average Bonchev–Trinajstić information content (AvgIpc) is 2.56. The quantitative estimate of drug-likeness (QED) is 0.693. The van der Waals surface area contributed by atoms with Crippen molar-refractivity contribution in [1.29, 1.82) is 0 Å². The van der Waals surface area contributed by atoms with E-state index < -0.39 is 10.8 Å². The zero-order valence-electron chi connectivity index (χ0n) is 13.6. The third-order valence-electron chi connectivity index (χ3n) is 3.85. The van der Waals surface area contributed by atoms with Crippen molar-refractivity contribution in [1.82, 2.24) is 9.38 Å². The zero-order valence-corrected chi connectivity index (χ0v) is 14.5. The molecule has 0 spiro atoms. The maximum atomic E-state index is 12.3. The molecule has 0 fully saturated rings. The summed E-state index contributed by atoms with van der Waals surface area (Å²) in [5.41, 5.74) is 3.34. The van der Waals surface area contributed by atoms with Gasteiger partial charge in [0.1, 0.15) is 5.65 Å². The highest BCUT2D eigenvalue weighted by Gasteiger charge is 2.07. The Labute approximate surface area is 143 Å². The topological polar surface area (TPSA) is 51.4 Å². The molecular formula is C19H20N2O2S. The van der Waals surface area contributed by atoms with Crippen LogP contribution >= 0.6 is 0 Å². The standard InChI is InChI=1S/C19H20N2O2S/c1-15-9-10-18-20-17(12-19(22)21(18)13-15)14-24(23)11-5-8-16-6-3-2-4-7-16/h2-4,6-7,9-10,12-13H,5,8,11,14H2,1H3. The molecule has 1 unspecified atom stereocenters. The summed E-state index contributed by atoms with van der Waals surface area (Å²) >= 11 is 0. The molecule has 2 heterocycles. The summed E-state index contributed by atoms with van der Waals surface area (Å²) in [5, 5.41) is 0. The smallest absolute Gasteiger partial charge is 0.258 e. The second kappa shape index (κ2) is 7.53. The first-order valence-electron chi connectivity index (χ1n) is 8.00. The SMILES string of the molecule is Cc1ccc2nc(CS(=O)CCCc3ccccc3)cc(=O)n2c1. The molecule has 24 heavy (non-hydrogen) atoms. The molecule has 0 aliphatic heterocycles. The second-order valence-corrected chi connectivity index (χ2v) is 7.47. The number of fused-ring (bicyclic) bond motifs is 1. The Morgan fingerprint density at radius 1 is 1.12 bits per heavy atom. The first-order valence-corrected chi connectivity index (χ1v) is 9.48. The predicted molar refractivity (Wildman–Crippen MR) is 97.7 cm³/mol. The van der Waals surface area contributed by atoms with Gasteiger partial charge in [0.05, 0.1) is 11.4 Å². The summed E-state index contributed by atoms with van der Waals surface area (Å²) in [6.07, 6.45) is 3.55. The van der Waals surface area contributed by atoms with E-state index in [4.69, 9.17) is 0 Å². The summed E-state index contributed by atoms with van der Waals surface area (Å²) < 4.78 is 13.8. The van der Waals surface area contributed by atoms with Gasteiger partial charge < -0.3 is 0 Å². The van der Waals surface area contributed by atoms with Crippen molar-refractivity contribution < 1.29 is 4.21 Å². The minimum atomic E-state index is -1.01. The molecule has 0 bridgehead atoms. The summed E-state index contributed by atoms with van der Waals surface area (Å²) in [6.45, 7) is 1.93. The van der Waals surface area contributed by atoms with Crippen LogP contribution in [0.15, 0.2) is 59.5 Å². The lowest BCUT2D eigenvalue weighted by atomic mass is 10.1. The Morgan fingerprint density at radius 2 is 1.92 bits per heavy atom. The molecule has 3 aromatic rings. The molecule has 0 amide bonds. The van der Waals surface area contributed by atoms with E-state index >= 15 is 0 Å². The van der Waals surface area contributed by atoms with Crippen LogP contribution in [0.25, 0.3) is 5.65 Å². The molecule has 0 saturated carbocycles. The van der Waals surface area contributed by atoms with E-state index in [2.05, 4.69) is 17.1 Å². The molecule has 1 aromatic carbocycles. The summed E-state index contributed by atoms with van der Waals surface area (Å²) in [7, 11) is -1.01. The number of benzene rings is 1. The Morgan fingerprint density at radius 3 is 2.71 bits per heavy atom. The van der Waals surface area contributed by atoms with E-state index in [0.717, 1.165) is 18.4 Å². The lowest BCUT2D eigenvalue weighted by Gasteiger charge is -2.06. The largest absolute Gasteiger partial charge is 0.269 e. The fourth-order valence-corrected chi connectivity index (χ4v) is 3.74. The molecule has 0 N–H and O–H groups in total. The van der Waals surface area contributed by atoms with Gasteiger partial charge in [0.25, 0.3) is 5.56 Å². The van der Waals surface area contributed by atoms with Crippen molar-refractivity contribution in [2.24, 2.45) is 0 Å². The van der Waals surface area contributed by atoms with Crippen LogP contribution in [0.4, 0.5) is 0 Å². The minimum Gasteiger partial charge on any atom is -0.269 e. The zero-order chi connectivity index (χ0) is 16.9. The van der Waals surface area contributed by atoms with Crippen LogP contribution < -0.4 is 5.56 Å². The van der Waals surface area contributed by atoms with Gasteiger partial charge in [0, 0.05) is 28.8 Å². The number of aryl methyl sites for hydroxylation is 2. The fourth-order valence-electron chi connectivity index (χ4n) is 2.65. The normalized spacial score (nSPS) is 12.4. The van der Waals surface area contributed by atoms with Gasteiger partial charge in [-0.05, 0) is 37.0 Å². The third-order valence-corrected chi connectivity index (χ3v) is 5.21. The molecule has 4 nitrogen and oxygen atoms in total. The van der Waals surface area contributed by atoms with Crippen molar-refractivity contribution in [3.63, 3.8) is 0 Å². The maximum Gasteiger partial charge on any atom is 0.258 e. The summed E-state index contributed by atoms with van der Waals surface area (Å²) in [4.78, 5) is 16.6. The van der Waals surface area contributed by atoms with Crippen molar-refractivity contribution in [2.45, 2.75) is 25.5 Å². The van der Waals surface area contributed by atoms with Crippen LogP contribution in [-0.4, -0.2) is 19.3 Å². The van der Waals surface area contributed by atoms with Crippen LogP contribution in [0, 0.1) is 6.92 Å². The van der Waals surface area contributed by atoms with Gasteiger partial charge in [-0.25, -0.2) is 4.98 Å². The molecule has 0 radical (unpaired) electrons. The highest BCUT2D eigenvalue weighted by atomic mass is 32.2. The highest BCUT2D eigenvalue weighted by Crippen LogP contribution is 2.07. The second-order valence-electron chi connectivity index (χ2n) is 5.90. The molecule has 5 heteroatoms. The molecular weight excluding hydrogens is 320 g/mol. The highest BCUT2D eigenvalue weighted by molar-refractivity contribution is 7.84. The number of nitrogens with zero attached hydrogens (tertiary/aromatic N) is 2. The predicted octanol–water partition coefficient (Wildman–Crippen LogP) is 2.88. The lowest BCUT2D eigenvalue weighted by molar-refractivity contribution is 0.679. The fraction of sp³-hybridized carbons (Fsp3) is 0.263. The minimum absolute atomic E-state index is 0.125.